The number of carboxylic acids is 1. The average molecular weight is 268 g/mol. The number of nitrogens with two attached hydrogens (primary N) is 1. The van der Waals surface area contributed by atoms with E-state index in [-0.39, 0.29) is 19.5 Å². The van der Waals surface area contributed by atoms with Crippen LogP contribution in [-0.4, -0.2) is 64.2 Å². The molecule has 0 amide bonds. The maximum absolute atomic E-state index is 11.3. The van der Waals surface area contributed by atoms with Crippen molar-refractivity contribution in [2.75, 3.05) is 33.7 Å². The second-order valence-electron chi connectivity index (χ2n) is 3.83. The molecule has 0 saturated heterocycles. The first-order chi connectivity index (χ1) is 7.74. The summed E-state index contributed by atoms with van der Waals surface area (Å²) >= 11 is 0. The summed E-state index contributed by atoms with van der Waals surface area (Å²) in [7, 11) is 0.0802. The van der Waals surface area contributed by atoms with Gasteiger partial charge in [-0.25, -0.2) is 9.44 Å². The molecule has 17 heavy (non-hydrogen) atoms. The number of carbonyl (C=O) groups is 1. The molecule has 0 aromatic rings. The van der Waals surface area contributed by atoms with E-state index in [2.05, 4.69) is 9.44 Å². The van der Waals surface area contributed by atoms with Crippen molar-refractivity contribution in [2.45, 2.75) is 12.5 Å². The third-order valence-corrected chi connectivity index (χ3v) is 3.08. The van der Waals surface area contributed by atoms with Crippen molar-refractivity contribution in [3.63, 3.8) is 0 Å². The molecule has 0 saturated carbocycles. The van der Waals surface area contributed by atoms with Crippen LogP contribution in [0.4, 0.5) is 0 Å². The second-order valence-corrected chi connectivity index (χ2v) is 5.41. The Morgan fingerprint density at radius 1 is 1.35 bits per heavy atom. The zero-order valence-corrected chi connectivity index (χ0v) is 10.8. The summed E-state index contributed by atoms with van der Waals surface area (Å²) in [5.41, 5.74) is 5.22. The average Bonchev–Trinajstić information content (AvgIpc) is 2.15. The minimum Gasteiger partial charge on any atom is -0.480 e. The molecule has 0 aromatic heterocycles. The lowest BCUT2D eigenvalue weighted by Gasteiger charge is -2.12. The van der Waals surface area contributed by atoms with Crippen molar-refractivity contribution in [2.24, 2.45) is 5.73 Å². The summed E-state index contributed by atoms with van der Waals surface area (Å²) in [5.74, 6) is -1.15. The Kier molecular flexibility index (Phi) is 7.23. The Balaban J connectivity index is 3.82. The standard InChI is InChI=1S/C8H20N4O4S/c1-12(2)6-5-11-17(15,16)10-4-3-7(9)8(13)14/h7,10-11H,3-6,9H2,1-2H3,(H,13,14). The fraction of sp³-hybridized carbons (Fsp3) is 0.875. The van der Waals surface area contributed by atoms with Crippen LogP contribution in [0.5, 0.6) is 0 Å². The van der Waals surface area contributed by atoms with E-state index in [0.29, 0.717) is 6.54 Å². The molecule has 0 heterocycles. The molecule has 0 aliphatic carbocycles. The summed E-state index contributed by atoms with van der Waals surface area (Å²) < 4.78 is 27.2. The molecule has 0 fully saturated rings. The summed E-state index contributed by atoms with van der Waals surface area (Å²) in [6, 6.07) is -1.06. The Morgan fingerprint density at radius 2 is 1.88 bits per heavy atom. The molecular weight excluding hydrogens is 248 g/mol. The van der Waals surface area contributed by atoms with Gasteiger partial charge in [0.25, 0.3) is 10.2 Å². The zero-order valence-electron chi connectivity index (χ0n) is 10.0. The molecule has 0 bridgehead atoms. The number of nitrogens with zero attached hydrogens (tertiary/aromatic N) is 1. The highest BCUT2D eigenvalue weighted by Gasteiger charge is 2.13. The highest BCUT2D eigenvalue weighted by Crippen LogP contribution is 1.87. The van der Waals surface area contributed by atoms with Crippen molar-refractivity contribution in [3.8, 4) is 0 Å². The smallest absolute Gasteiger partial charge is 0.320 e. The van der Waals surface area contributed by atoms with Gasteiger partial charge in [-0.2, -0.15) is 8.42 Å². The fourth-order valence-corrected chi connectivity index (χ4v) is 1.78. The molecule has 1 atom stereocenters. The zero-order chi connectivity index (χ0) is 13.5. The maximum atomic E-state index is 11.3. The van der Waals surface area contributed by atoms with Gasteiger partial charge in [0.05, 0.1) is 0 Å². The van der Waals surface area contributed by atoms with Gasteiger partial charge in [0, 0.05) is 19.6 Å². The number of likely N-dealkylation sites (N-methyl/N-ethyl adjacent to an activating group) is 1. The topological polar surface area (TPSA) is 125 Å². The maximum Gasteiger partial charge on any atom is 0.320 e. The Hall–Kier alpha value is -0.740. The van der Waals surface area contributed by atoms with E-state index in [0.717, 1.165) is 0 Å². The van der Waals surface area contributed by atoms with Gasteiger partial charge >= 0.3 is 5.97 Å². The number of hydrogen-bond donors (Lipinski definition) is 4. The van der Waals surface area contributed by atoms with Gasteiger partial charge in [0.1, 0.15) is 6.04 Å². The highest BCUT2D eigenvalue weighted by molar-refractivity contribution is 7.87. The summed E-state index contributed by atoms with van der Waals surface area (Å²) in [6.07, 6.45) is 0.0456. The predicted molar refractivity (Wildman–Crippen MR) is 63.7 cm³/mol. The van der Waals surface area contributed by atoms with Gasteiger partial charge in [0.2, 0.25) is 0 Å². The number of hydrogen-bond acceptors (Lipinski definition) is 5. The van der Waals surface area contributed by atoms with Crippen LogP contribution in [0.15, 0.2) is 0 Å². The summed E-state index contributed by atoms with van der Waals surface area (Å²) in [5, 5.41) is 8.49. The molecule has 1 unspecified atom stereocenters. The van der Waals surface area contributed by atoms with E-state index in [1.807, 2.05) is 19.0 Å². The van der Waals surface area contributed by atoms with Gasteiger partial charge < -0.3 is 15.7 Å². The predicted octanol–water partition coefficient (Wildman–Crippen LogP) is -2.23. The molecule has 0 radical (unpaired) electrons. The number of carboxylic acid groups (broad SMARTS) is 1. The summed E-state index contributed by atoms with van der Waals surface area (Å²) in [6.45, 7) is 0.855. The van der Waals surface area contributed by atoms with Crippen LogP contribution in [0, 0.1) is 0 Å². The van der Waals surface area contributed by atoms with Crippen molar-refractivity contribution in [3.05, 3.63) is 0 Å². The van der Waals surface area contributed by atoms with E-state index in [1.165, 1.54) is 0 Å². The number of nitrogens with one attached hydrogen (secondary N) is 2. The number of aliphatic carboxylic acids is 1. The minimum absolute atomic E-state index is 0.00916. The van der Waals surface area contributed by atoms with E-state index in [1.54, 1.807) is 0 Å². The third kappa shape index (κ3) is 9.01. The lowest BCUT2D eigenvalue weighted by Crippen LogP contribution is -2.42. The van der Waals surface area contributed by atoms with Crippen molar-refractivity contribution in [1.29, 1.82) is 0 Å². The molecule has 0 rings (SSSR count). The van der Waals surface area contributed by atoms with Crippen LogP contribution in [0.3, 0.4) is 0 Å². The van der Waals surface area contributed by atoms with Crippen LogP contribution in [0.25, 0.3) is 0 Å². The lowest BCUT2D eigenvalue weighted by molar-refractivity contribution is -0.138. The highest BCUT2D eigenvalue weighted by atomic mass is 32.2. The van der Waals surface area contributed by atoms with E-state index in [9.17, 15) is 13.2 Å². The minimum atomic E-state index is -3.57. The Bertz CT molecular complexity index is 330. The van der Waals surface area contributed by atoms with Gasteiger partial charge in [0.15, 0.2) is 0 Å². The quantitative estimate of drug-likeness (QED) is 0.375. The van der Waals surface area contributed by atoms with Crippen LogP contribution in [0.2, 0.25) is 0 Å². The van der Waals surface area contributed by atoms with Crippen LogP contribution in [0.1, 0.15) is 6.42 Å². The number of rotatable bonds is 9. The van der Waals surface area contributed by atoms with Crippen molar-refractivity contribution in [1.82, 2.24) is 14.3 Å². The van der Waals surface area contributed by atoms with Crippen LogP contribution >= 0.6 is 0 Å². The Morgan fingerprint density at radius 3 is 2.35 bits per heavy atom. The lowest BCUT2D eigenvalue weighted by atomic mass is 10.2. The van der Waals surface area contributed by atoms with Gasteiger partial charge in [-0.05, 0) is 20.5 Å². The van der Waals surface area contributed by atoms with Gasteiger partial charge in [-0.1, -0.05) is 0 Å². The van der Waals surface area contributed by atoms with E-state index >= 15 is 0 Å². The summed E-state index contributed by atoms with van der Waals surface area (Å²) in [4.78, 5) is 12.2. The first-order valence-corrected chi connectivity index (χ1v) is 6.60. The third-order valence-electron chi connectivity index (χ3n) is 1.92. The molecule has 0 aliphatic heterocycles. The molecule has 0 aromatic carbocycles. The van der Waals surface area contributed by atoms with Crippen molar-refractivity contribution >= 4 is 16.2 Å². The molecule has 9 heteroatoms. The van der Waals surface area contributed by atoms with Gasteiger partial charge in [-0.15, -0.1) is 0 Å². The monoisotopic (exact) mass is 268 g/mol. The first-order valence-electron chi connectivity index (χ1n) is 5.12. The van der Waals surface area contributed by atoms with E-state index in [4.69, 9.17) is 10.8 Å². The van der Waals surface area contributed by atoms with Crippen LogP contribution < -0.4 is 15.2 Å². The molecule has 0 spiro atoms. The van der Waals surface area contributed by atoms with Crippen molar-refractivity contribution < 1.29 is 18.3 Å². The van der Waals surface area contributed by atoms with Gasteiger partial charge in [-0.3, -0.25) is 4.79 Å². The molecule has 8 nitrogen and oxygen atoms in total. The largest absolute Gasteiger partial charge is 0.480 e. The van der Waals surface area contributed by atoms with E-state index < -0.39 is 22.2 Å². The fourth-order valence-electron chi connectivity index (χ4n) is 0.927. The normalized spacial score (nSPS) is 13.9. The Labute approximate surface area is 101 Å². The molecule has 0 aliphatic rings. The van der Waals surface area contributed by atoms with Crippen LogP contribution in [-0.2, 0) is 15.0 Å². The molecular formula is C8H20N4O4S. The second kappa shape index (κ2) is 7.56. The molecule has 102 valence electrons. The SMILES string of the molecule is CN(C)CCNS(=O)(=O)NCCC(N)C(=O)O. The molecule has 5 N–H and O–H groups in total. The first kappa shape index (κ1) is 16.3.